The van der Waals surface area contributed by atoms with Crippen molar-refractivity contribution >= 4 is 22.8 Å². The van der Waals surface area contributed by atoms with Crippen molar-refractivity contribution < 1.29 is 14.3 Å². The first-order valence-electron chi connectivity index (χ1n) is 8.00. The summed E-state index contributed by atoms with van der Waals surface area (Å²) in [5.41, 5.74) is -0.137. The van der Waals surface area contributed by atoms with Gasteiger partial charge in [0.05, 0.1) is 26.2 Å². The molecule has 0 aliphatic rings. The maximum Gasteiger partial charge on any atom is 0.332 e. The molecular formula is C17H19N5O5. The van der Waals surface area contributed by atoms with E-state index in [1.807, 2.05) is 0 Å². The fourth-order valence-corrected chi connectivity index (χ4v) is 2.80. The highest BCUT2D eigenvalue weighted by Crippen LogP contribution is 2.29. The van der Waals surface area contributed by atoms with Crippen LogP contribution in [0.2, 0.25) is 0 Å². The number of hydrogen-bond acceptors (Lipinski definition) is 6. The Kier molecular flexibility index (Phi) is 4.72. The van der Waals surface area contributed by atoms with E-state index >= 15 is 0 Å². The number of rotatable bonds is 5. The van der Waals surface area contributed by atoms with Crippen LogP contribution in [0.15, 0.2) is 34.1 Å². The van der Waals surface area contributed by atoms with Crippen LogP contribution in [0.5, 0.6) is 11.5 Å². The zero-order chi connectivity index (χ0) is 19.7. The van der Waals surface area contributed by atoms with Crippen LogP contribution in [0, 0.1) is 0 Å². The SMILES string of the molecule is COc1ccc(NC(=O)Cn2cnc3c(=O)n(C)c(=O)n(C)c32)c(OC)c1. The molecule has 0 saturated heterocycles. The van der Waals surface area contributed by atoms with E-state index in [0.717, 1.165) is 4.57 Å². The van der Waals surface area contributed by atoms with Crippen molar-refractivity contribution in [3.63, 3.8) is 0 Å². The van der Waals surface area contributed by atoms with Gasteiger partial charge in [-0.15, -0.1) is 0 Å². The van der Waals surface area contributed by atoms with Gasteiger partial charge in [-0.1, -0.05) is 0 Å². The highest BCUT2D eigenvalue weighted by Gasteiger charge is 2.16. The summed E-state index contributed by atoms with van der Waals surface area (Å²) >= 11 is 0. The van der Waals surface area contributed by atoms with Crippen molar-refractivity contribution in [3.05, 3.63) is 45.4 Å². The van der Waals surface area contributed by atoms with Crippen LogP contribution in [0.25, 0.3) is 11.2 Å². The summed E-state index contributed by atoms with van der Waals surface area (Å²) in [7, 11) is 5.92. The predicted octanol–water partition coefficient (Wildman–Crippen LogP) is 0.0896. The van der Waals surface area contributed by atoms with E-state index < -0.39 is 11.2 Å². The molecule has 1 N–H and O–H groups in total. The number of aryl methyl sites for hydroxylation is 1. The second-order valence-corrected chi connectivity index (χ2v) is 5.86. The summed E-state index contributed by atoms with van der Waals surface area (Å²) in [4.78, 5) is 40.8. The van der Waals surface area contributed by atoms with Gasteiger partial charge in [0.2, 0.25) is 5.91 Å². The van der Waals surface area contributed by atoms with Gasteiger partial charge in [0.15, 0.2) is 5.52 Å². The predicted molar refractivity (Wildman–Crippen MR) is 98.4 cm³/mol. The number of imidazole rings is 1. The fraction of sp³-hybridized carbons (Fsp3) is 0.294. The van der Waals surface area contributed by atoms with Crippen LogP contribution in [0.4, 0.5) is 5.69 Å². The number of carbonyl (C=O) groups is 1. The molecular weight excluding hydrogens is 354 g/mol. The molecule has 3 rings (SSSR count). The van der Waals surface area contributed by atoms with Crippen molar-refractivity contribution in [2.24, 2.45) is 14.1 Å². The number of amides is 1. The lowest BCUT2D eigenvalue weighted by Gasteiger charge is -2.12. The van der Waals surface area contributed by atoms with Crippen molar-refractivity contribution in [1.29, 1.82) is 0 Å². The minimum Gasteiger partial charge on any atom is -0.497 e. The molecule has 0 saturated carbocycles. The molecule has 0 aliphatic heterocycles. The number of nitrogens with one attached hydrogen (secondary N) is 1. The number of benzene rings is 1. The lowest BCUT2D eigenvalue weighted by molar-refractivity contribution is -0.116. The monoisotopic (exact) mass is 373 g/mol. The summed E-state index contributed by atoms with van der Waals surface area (Å²) in [5.74, 6) is 0.668. The summed E-state index contributed by atoms with van der Waals surface area (Å²) in [6.07, 6.45) is 1.36. The van der Waals surface area contributed by atoms with Crippen LogP contribution < -0.4 is 26.0 Å². The normalized spacial score (nSPS) is 10.8. The molecule has 0 unspecified atom stereocenters. The Morgan fingerprint density at radius 2 is 1.89 bits per heavy atom. The van der Waals surface area contributed by atoms with E-state index in [1.54, 1.807) is 18.2 Å². The van der Waals surface area contributed by atoms with Crippen LogP contribution in [-0.2, 0) is 25.4 Å². The maximum absolute atomic E-state index is 12.5. The number of fused-ring (bicyclic) bond motifs is 1. The molecule has 0 radical (unpaired) electrons. The largest absolute Gasteiger partial charge is 0.497 e. The van der Waals surface area contributed by atoms with Crippen LogP contribution in [0.1, 0.15) is 0 Å². The van der Waals surface area contributed by atoms with Crippen molar-refractivity contribution in [1.82, 2.24) is 18.7 Å². The van der Waals surface area contributed by atoms with Crippen molar-refractivity contribution in [2.45, 2.75) is 6.54 Å². The number of nitrogens with zero attached hydrogens (tertiary/aromatic N) is 4. The van der Waals surface area contributed by atoms with Crippen molar-refractivity contribution in [3.8, 4) is 11.5 Å². The van der Waals surface area contributed by atoms with Crippen LogP contribution in [0.3, 0.4) is 0 Å². The van der Waals surface area contributed by atoms with Gasteiger partial charge in [-0.2, -0.15) is 0 Å². The van der Waals surface area contributed by atoms with Gasteiger partial charge < -0.3 is 19.4 Å². The Hall–Kier alpha value is -3.56. The molecule has 10 nitrogen and oxygen atoms in total. The smallest absolute Gasteiger partial charge is 0.332 e. The van der Waals surface area contributed by atoms with Gasteiger partial charge in [-0.3, -0.25) is 18.7 Å². The Bertz CT molecular complexity index is 1140. The van der Waals surface area contributed by atoms with Gasteiger partial charge in [-0.05, 0) is 12.1 Å². The average molecular weight is 373 g/mol. The van der Waals surface area contributed by atoms with E-state index in [9.17, 15) is 14.4 Å². The quantitative estimate of drug-likeness (QED) is 0.679. The molecule has 0 aliphatic carbocycles. The molecule has 3 aromatic rings. The first-order chi connectivity index (χ1) is 12.9. The number of aromatic nitrogens is 4. The van der Waals surface area contributed by atoms with Crippen LogP contribution in [-0.4, -0.2) is 38.8 Å². The molecule has 10 heteroatoms. The molecule has 0 fully saturated rings. The van der Waals surface area contributed by atoms with Gasteiger partial charge in [0.25, 0.3) is 5.56 Å². The number of anilines is 1. The number of methoxy groups -OCH3 is 2. The summed E-state index contributed by atoms with van der Waals surface area (Å²) in [6, 6.07) is 5.00. The zero-order valence-electron chi connectivity index (χ0n) is 15.3. The van der Waals surface area contributed by atoms with Gasteiger partial charge in [-0.25, -0.2) is 9.78 Å². The Balaban J connectivity index is 1.92. The second-order valence-electron chi connectivity index (χ2n) is 5.86. The van der Waals surface area contributed by atoms with E-state index in [2.05, 4.69) is 10.3 Å². The summed E-state index contributed by atoms with van der Waals surface area (Å²) in [5, 5.41) is 2.74. The van der Waals surface area contributed by atoms with Crippen LogP contribution >= 0.6 is 0 Å². The standard InChI is InChI=1S/C17H19N5O5/c1-20-15-14(16(24)21(2)17(20)25)18-9-22(15)8-13(23)19-11-6-5-10(26-3)7-12(11)27-4/h5-7,9H,8H2,1-4H3,(H,19,23). The third-order valence-corrected chi connectivity index (χ3v) is 4.21. The topological polar surface area (TPSA) is 109 Å². The number of carbonyl (C=O) groups excluding carboxylic acids is 1. The third kappa shape index (κ3) is 3.16. The van der Waals surface area contributed by atoms with Gasteiger partial charge >= 0.3 is 5.69 Å². The molecule has 0 spiro atoms. The van der Waals surface area contributed by atoms with Crippen molar-refractivity contribution in [2.75, 3.05) is 19.5 Å². The summed E-state index contributed by atoms with van der Waals surface area (Å²) < 4.78 is 14.1. The Labute approximate surface area is 153 Å². The van der Waals surface area contributed by atoms with E-state index in [-0.39, 0.29) is 23.6 Å². The minimum absolute atomic E-state index is 0.120. The lowest BCUT2D eigenvalue weighted by Crippen LogP contribution is -2.37. The van der Waals surface area contributed by atoms with Gasteiger partial charge in [0.1, 0.15) is 23.7 Å². The van der Waals surface area contributed by atoms with E-state index in [1.165, 1.54) is 43.8 Å². The summed E-state index contributed by atoms with van der Waals surface area (Å²) in [6.45, 7) is -0.133. The molecule has 2 heterocycles. The highest BCUT2D eigenvalue weighted by molar-refractivity contribution is 5.93. The van der Waals surface area contributed by atoms with E-state index in [0.29, 0.717) is 17.2 Å². The molecule has 0 bridgehead atoms. The zero-order valence-corrected chi connectivity index (χ0v) is 15.3. The minimum atomic E-state index is -0.510. The molecule has 142 valence electrons. The molecule has 2 aromatic heterocycles. The molecule has 0 atom stereocenters. The fourth-order valence-electron chi connectivity index (χ4n) is 2.80. The third-order valence-electron chi connectivity index (χ3n) is 4.21. The first-order valence-corrected chi connectivity index (χ1v) is 8.00. The number of hydrogen-bond donors (Lipinski definition) is 1. The Morgan fingerprint density at radius 3 is 2.56 bits per heavy atom. The second kappa shape index (κ2) is 6.98. The number of ether oxygens (including phenoxy) is 2. The lowest BCUT2D eigenvalue weighted by atomic mass is 10.2. The first kappa shape index (κ1) is 18.2. The molecule has 1 amide bonds. The average Bonchev–Trinajstić information content (AvgIpc) is 3.08. The maximum atomic E-state index is 12.5. The highest BCUT2D eigenvalue weighted by atomic mass is 16.5. The Morgan fingerprint density at radius 1 is 1.15 bits per heavy atom. The molecule has 27 heavy (non-hydrogen) atoms. The van der Waals surface area contributed by atoms with Gasteiger partial charge in [0, 0.05) is 20.2 Å². The molecule has 1 aromatic carbocycles. The van der Waals surface area contributed by atoms with E-state index in [4.69, 9.17) is 9.47 Å².